The number of nitrogens with zero attached hydrogens (tertiary/aromatic N) is 2. The Balaban J connectivity index is 1.71. The monoisotopic (exact) mass is 377 g/mol. The van der Waals surface area contributed by atoms with Gasteiger partial charge in [-0.25, -0.2) is 0 Å². The number of aromatic nitrogens is 1. The fourth-order valence-corrected chi connectivity index (χ4v) is 2.88. The average Bonchev–Trinajstić information content (AvgIpc) is 3.20. The van der Waals surface area contributed by atoms with E-state index in [0.29, 0.717) is 12.3 Å². The molecule has 2 aromatic carbocycles. The number of carbonyl (C=O) groups is 2. The van der Waals surface area contributed by atoms with Crippen LogP contribution in [0.4, 0.5) is 5.69 Å². The number of anilines is 1. The summed E-state index contributed by atoms with van der Waals surface area (Å²) in [4.78, 5) is 26.8. The molecule has 3 aromatic rings. The molecule has 2 amide bonds. The van der Waals surface area contributed by atoms with Gasteiger partial charge in [0.1, 0.15) is 6.54 Å². The second-order valence-electron chi connectivity index (χ2n) is 6.53. The highest BCUT2D eigenvalue weighted by Crippen LogP contribution is 2.20. The zero-order valence-corrected chi connectivity index (χ0v) is 16.0. The number of para-hydroxylation sites is 1. The molecule has 3 rings (SSSR count). The van der Waals surface area contributed by atoms with Crippen molar-refractivity contribution in [3.63, 3.8) is 0 Å². The summed E-state index contributed by atoms with van der Waals surface area (Å²) in [5.74, 6) is -0.0552. The smallest absolute Gasteiger partial charge is 0.276 e. The topological polar surface area (TPSA) is 75.4 Å². The van der Waals surface area contributed by atoms with Crippen molar-refractivity contribution >= 4 is 17.5 Å². The van der Waals surface area contributed by atoms with Crippen LogP contribution >= 0.6 is 0 Å². The Bertz CT molecular complexity index is 950. The van der Waals surface area contributed by atoms with Crippen LogP contribution in [0, 0.1) is 6.92 Å². The molecular weight excluding hydrogens is 354 g/mol. The number of rotatable bonds is 7. The van der Waals surface area contributed by atoms with Gasteiger partial charge in [0, 0.05) is 23.9 Å². The van der Waals surface area contributed by atoms with E-state index in [9.17, 15) is 9.59 Å². The van der Waals surface area contributed by atoms with Crippen LogP contribution in [-0.4, -0.2) is 35.0 Å². The van der Waals surface area contributed by atoms with Crippen LogP contribution in [0.3, 0.4) is 0 Å². The van der Waals surface area contributed by atoms with Gasteiger partial charge in [-0.3, -0.25) is 9.59 Å². The van der Waals surface area contributed by atoms with Gasteiger partial charge in [-0.1, -0.05) is 60.6 Å². The molecule has 1 heterocycles. The van der Waals surface area contributed by atoms with Gasteiger partial charge in [0.05, 0.1) is 0 Å². The maximum atomic E-state index is 12.9. The fourth-order valence-electron chi connectivity index (χ4n) is 2.88. The van der Waals surface area contributed by atoms with Gasteiger partial charge < -0.3 is 14.7 Å². The van der Waals surface area contributed by atoms with E-state index in [1.165, 1.54) is 4.90 Å². The van der Waals surface area contributed by atoms with Crippen molar-refractivity contribution in [1.82, 2.24) is 10.1 Å². The minimum absolute atomic E-state index is 0.0471. The van der Waals surface area contributed by atoms with Crippen molar-refractivity contribution in [2.45, 2.75) is 20.3 Å². The van der Waals surface area contributed by atoms with Gasteiger partial charge in [0.25, 0.3) is 5.91 Å². The van der Waals surface area contributed by atoms with E-state index in [2.05, 4.69) is 10.5 Å². The molecule has 0 fully saturated rings. The molecule has 1 aromatic heterocycles. The van der Waals surface area contributed by atoms with Crippen molar-refractivity contribution < 1.29 is 14.1 Å². The number of amides is 2. The van der Waals surface area contributed by atoms with Crippen LogP contribution in [0.15, 0.2) is 65.2 Å². The van der Waals surface area contributed by atoms with E-state index in [0.717, 1.165) is 23.2 Å². The third-order valence-electron chi connectivity index (χ3n) is 4.32. The zero-order chi connectivity index (χ0) is 19.9. The molecule has 1 N–H and O–H groups in total. The summed E-state index contributed by atoms with van der Waals surface area (Å²) >= 11 is 0. The second-order valence-corrected chi connectivity index (χ2v) is 6.53. The molecule has 0 radical (unpaired) electrons. The molecule has 0 bridgehead atoms. The molecule has 0 saturated heterocycles. The van der Waals surface area contributed by atoms with Crippen LogP contribution in [0.25, 0.3) is 11.3 Å². The molecule has 0 atom stereocenters. The Kier molecular flexibility index (Phi) is 6.22. The number of nitrogens with one attached hydrogen (secondary N) is 1. The summed E-state index contributed by atoms with van der Waals surface area (Å²) in [7, 11) is 0. The lowest BCUT2D eigenvalue weighted by Gasteiger charge is -2.20. The molecule has 0 unspecified atom stereocenters. The lowest BCUT2D eigenvalue weighted by molar-refractivity contribution is -0.116. The lowest BCUT2D eigenvalue weighted by atomic mass is 10.1. The average molecular weight is 377 g/mol. The Morgan fingerprint density at radius 3 is 2.50 bits per heavy atom. The predicted molar refractivity (Wildman–Crippen MR) is 108 cm³/mol. The van der Waals surface area contributed by atoms with E-state index in [1.54, 1.807) is 6.07 Å². The summed E-state index contributed by atoms with van der Waals surface area (Å²) in [6, 6.07) is 18.6. The Hall–Kier alpha value is -3.41. The van der Waals surface area contributed by atoms with Crippen LogP contribution < -0.4 is 5.32 Å². The summed E-state index contributed by atoms with van der Waals surface area (Å²) in [5.41, 5.74) is 2.74. The highest BCUT2D eigenvalue weighted by molar-refractivity contribution is 5.99. The number of hydrogen-bond acceptors (Lipinski definition) is 4. The summed E-state index contributed by atoms with van der Waals surface area (Å²) in [6.45, 7) is 4.28. The molecule has 0 aliphatic carbocycles. The van der Waals surface area contributed by atoms with E-state index in [1.807, 2.05) is 68.4 Å². The van der Waals surface area contributed by atoms with Gasteiger partial charge in [-0.15, -0.1) is 0 Å². The second kappa shape index (κ2) is 8.99. The van der Waals surface area contributed by atoms with Crippen molar-refractivity contribution in [3.05, 3.63) is 71.9 Å². The van der Waals surface area contributed by atoms with Crippen LogP contribution in [-0.2, 0) is 4.79 Å². The quantitative estimate of drug-likeness (QED) is 0.671. The third kappa shape index (κ3) is 4.65. The van der Waals surface area contributed by atoms with E-state index in [4.69, 9.17) is 4.52 Å². The van der Waals surface area contributed by atoms with E-state index < -0.39 is 0 Å². The van der Waals surface area contributed by atoms with Crippen LogP contribution in [0.2, 0.25) is 0 Å². The Morgan fingerprint density at radius 2 is 1.79 bits per heavy atom. The minimum atomic E-state index is -0.326. The molecule has 0 spiro atoms. The molecule has 28 heavy (non-hydrogen) atoms. The van der Waals surface area contributed by atoms with Gasteiger partial charge in [-0.2, -0.15) is 0 Å². The van der Waals surface area contributed by atoms with Gasteiger partial charge in [-0.05, 0) is 25.0 Å². The van der Waals surface area contributed by atoms with Crippen LogP contribution in [0.1, 0.15) is 29.4 Å². The van der Waals surface area contributed by atoms with E-state index in [-0.39, 0.29) is 24.1 Å². The lowest BCUT2D eigenvalue weighted by Crippen LogP contribution is -2.38. The van der Waals surface area contributed by atoms with Crippen molar-refractivity contribution in [2.75, 3.05) is 18.4 Å². The van der Waals surface area contributed by atoms with Crippen molar-refractivity contribution in [2.24, 2.45) is 0 Å². The van der Waals surface area contributed by atoms with Gasteiger partial charge in [0.2, 0.25) is 5.91 Å². The summed E-state index contributed by atoms with van der Waals surface area (Å²) in [6.07, 6.45) is 0.729. The summed E-state index contributed by atoms with van der Waals surface area (Å²) in [5, 5.41) is 6.76. The van der Waals surface area contributed by atoms with E-state index >= 15 is 0 Å². The molecular formula is C22H23N3O3. The first kappa shape index (κ1) is 19.4. The normalized spacial score (nSPS) is 10.5. The molecule has 6 heteroatoms. The largest absolute Gasteiger partial charge is 0.355 e. The first-order valence-electron chi connectivity index (χ1n) is 9.25. The Morgan fingerprint density at radius 1 is 1.07 bits per heavy atom. The molecule has 6 nitrogen and oxygen atoms in total. The van der Waals surface area contributed by atoms with Gasteiger partial charge in [0.15, 0.2) is 11.5 Å². The van der Waals surface area contributed by atoms with Crippen molar-refractivity contribution in [3.8, 4) is 11.3 Å². The zero-order valence-electron chi connectivity index (χ0n) is 16.0. The SMILES string of the molecule is CCCN(CC(=O)Nc1ccccc1C)C(=O)c1cc(-c2ccccc2)on1. The number of benzene rings is 2. The molecule has 144 valence electrons. The first-order valence-corrected chi connectivity index (χ1v) is 9.25. The number of aryl methyl sites for hydroxylation is 1. The minimum Gasteiger partial charge on any atom is -0.355 e. The number of hydrogen-bond donors (Lipinski definition) is 1. The fraction of sp³-hybridized carbons (Fsp3) is 0.227. The standard InChI is InChI=1S/C22H23N3O3/c1-3-13-25(15-21(26)23-18-12-8-7-9-16(18)2)22(27)19-14-20(28-24-19)17-10-5-4-6-11-17/h4-12,14H,3,13,15H2,1-2H3,(H,23,26). The Labute approximate surface area is 164 Å². The van der Waals surface area contributed by atoms with Crippen molar-refractivity contribution in [1.29, 1.82) is 0 Å². The van der Waals surface area contributed by atoms with Crippen LogP contribution in [0.5, 0.6) is 0 Å². The predicted octanol–water partition coefficient (Wildman–Crippen LogP) is 4.14. The molecule has 0 aliphatic heterocycles. The third-order valence-corrected chi connectivity index (χ3v) is 4.32. The highest BCUT2D eigenvalue weighted by atomic mass is 16.5. The maximum Gasteiger partial charge on any atom is 0.276 e. The number of carbonyl (C=O) groups excluding carboxylic acids is 2. The van der Waals surface area contributed by atoms with Gasteiger partial charge >= 0.3 is 0 Å². The first-order chi connectivity index (χ1) is 13.6. The molecule has 0 aliphatic rings. The highest BCUT2D eigenvalue weighted by Gasteiger charge is 2.22. The summed E-state index contributed by atoms with van der Waals surface area (Å²) < 4.78 is 5.32. The molecule has 0 saturated carbocycles. The maximum absolute atomic E-state index is 12.9.